The molecule has 0 radical (unpaired) electrons. The molecule has 8 heteroatoms. The van der Waals surface area contributed by atoms with Gasteiger partial charge in [-0.15, -0.1) is 0 Å². The Morgan fingerprint density at radius 2 is 2.00 bits per heavy atom. The number of aromatic carboxylic acids is 1. The lowest BCUT2D eigenvalue weighted by Gasteiger charge is -2.20. The number of carboxylic acid groups (broad SMARTS) is 1. The second kappa shape index (κ2) is 4.21. The maximum atomic E-state index is 14.2. The minimum absolute atomic E-state index is 0.0337. The SMILES string of the molecule is Nc1c(F)c(F)c2c3c1c(=O)c(C(=O)O)cn3C1(CCO2)CC1. The summed E-state index contributed by atoms with van der Waals surface area (Å²) in [7, 11) is 0. The van der Waals surface area contributed by atoms with Crippen LogP contribution < -0.4 is 15.9 Å². The lowest BCUT2D eigenvalue weighted by atomic mass is 10.1. The van der Waals surface area contributed by atoms with E-state index >= 15 is 0 Å². The van der Waals surface area contributed by atoms with Crippen molar-refractivity contribution in [3.8, 4) is 5.75 Å². The van der Waals surface area contributed by atoms with E-state index in [-0.39, 0.29) is 23.3 Å². The third kappa shape index (κ3) is 1.66. The van der Waals surface area contributed by atoms with Crippen LogP contribution in [0.15, 0.2) is 11.0 Å². The molecule has 1 aromatic heterocycles. The number of ether oxygens (including phenoxy) is 1. The van der Waals surface area contributed by atoms with Crippen molar-refractivity contribution in [1.29, 1.82) is 0 Å². The Bertz CT molecular complexity index is 947. The van der Waals surface area contributed by atoms with Gasteiger partial charge in [-0.2, -0.15) is 4.39 Å². The van der Waals surface area contributed by atoms with Gasteiger partial charge in [-0.05, 0) is 12.8 Å². The highest BCUT2D eigenvalue weighted by Gasteiger charge is 2.47. The minimum atomic E-state index is -1.44. The van der Waals surface area contributed by atoms with Gasteiger partial charge in [0.2, 0.25) is 11.2 Å². The summed E-state index contributed by atoms with van der Waals surface area (Å²) >= 11 is 0. The molecule has 0 unspecified atom stereocenters. The molecule has 1 fully saturated rings. The number of anilines is 1. The van der Waals surface area contributed by atoms with Crippen molar-refractivity contribution < 1.29 is 23.4 Å². The maximum absolute atomic E-state index is 14.2. The highest BCUT2D eigenvalue weighted by molar-refractivity contribution is 6.00. The first-order chi connectivity index (χ1) is 10.9. The molecule has 1 aliphatic heterocycles. The third-order valence-electron chi connectivity index (χ3n) is 4.70. The lowest BCUT2D eigenvalue weighted by Crippen LogP contribution is -2.25. The second-order valence-corrected chi connectivity index (χ2v) is 5.96. The van der Waals surface area contributed by atoms with Crippen molar-refractivity contribution in [3.63, 3.8) is 0 Å². The molecule has 1 aromatic carbocycles. The largest absolute Gasteiger partial charge is 0.488 e. The number of aromatic nitrogens is 1. The Labute approximate surface area is 128 Å². The van der Waals surface area contributed by atoms with E-state index in [2.05, 4.69) is 0 Å². The summed E-state index contributed by atoms with van der Waals surface area (Å²) in [5.41, 5.74) is 3.04. The highest BCUT2D eigenvalue weighted by Crippen LogP contribution is 2.51. The molecule has 0 saturated heterocycles. The minimum Gasteiger partial charge on any atom is -0.488 e. The molecule has 1 saturated carbocycles. The van der Waals surface area contributed by atoms with Crippen molar-refractivity contribution in [2.75, 3.05) is 12.3 Å². The molecule has 2 heterocycles. The van der Waals surface area contributed by atoms with Gasteiger partial charge >= 0.3 is 5.97 Å². The van der Waals surface area contributed by atoms with Crippen LogP contribution in [-0.4, -0.2) is 22.2 Å². The van der Waals surface area contributed by atoms with Crippen LogP contribution in [0.2, 0.25) is 0 Å². The zero-order valence-electron chi connectivity index (χ0n) is 11.9. The van der Waals surface area contributed by atoms with Crippen molar-refractivity contribution in [3.05, 3.63) is 33.6 Å². The molecule has 2 aliphatic rings. The van der Waals surface area contributed by atoms with Crippen LogP contribution in [0.3, 0.4) is 0 Å². The van der Waals surface area contributed by atoms with Gasteiger partial charge in [0.05, 0.1) is 17.7 Å². The van der Waals surface area contributed by atoms with Crippen LogP contribution in [0.5, 0.6) is 5.75 Å². The second-order valence-electron chi connectivity index (χ2n) is 5.96. The molecule has 2 aromatic rings. The standard InChI is InChI=1S/C15H12F2N2O4/c16-8-9(17)13-11-7(10(8)18)12(20)6(14(21)22)5-19(11)15(1-2-15)3-4-23-13/h5H,1-4,18H2,(H,21,22). The molecule has 1 spiro atoms. The first-order valence-corrected chi connectivity index (χ1v) is 7.10. The molecule has 23 heavy (non-hydrogen) atoms. The van der Waals surface area contributed by atoms with Gasteiger partial charge < -0.3 is 20.1 Å². The van der Waals surface area contributed by atoms with E-state index in [9.17, 15) is 23.5 Å². The molecule has 0 amide bonds. The Balaban J connectivity index is 2.29. The predicted molar refractivity (Wildman–Crippen MR) is 76.8 cm³/mol. The van der Waals surface area contributed by atoms with Gasteiger partial charge in [-0.25, -0.2) is 9.18 Å². The fraction of sp³-hybridized carbons (Fsp3) is 0.333. The topological polar surface area (TPSA) is 94.5 Å². The van der Waals surface area contributed by atoms with Crippen LogP contribution in [-0.2, 0) is 5.54 Å². The molecular weight excluding hydrogens is 310 g/mol. The van der Waals surface area contributed by atoms with Crippen molar-refractivity contribution in [1.82, 2.24) is 4.57 Å². The van der Waals surface area contributed by atoms with E-state index in [0.717, 1.165) is 12.8 Å². The Kier molecular flexibility index (Phi) is 2.56. The van der Waals surface area contributed by atoms with Crippen molar-refractivity contribution in [2.24, 2.45) is 0 Å². The van der Waals surface area contributed by atoms with Gasteiger partial charge in [-0.3, -0.25) is 4.79 Å². The fourth-order valence-corrected chi connectivity index (χ4v) is 3.28. The van der Waals surface area contributed by atoms with Crippen LogP contribution >= 0.6 is 0 Å². The normalized spacial score (nSPS) is 17.8. The summed E-state index contributed by atoms with van der Waals surface area (Å²) in [6.45, 7) is 0.146. The number of nitrogens with zero attached hydrogens (tertiary/aromatic N) is 1. The number of rotatable bonds is 1. The summed E-state index contributed by atoms with van der Waals surface area (Å²) in [6, 6.07) is 0. The van der Waals surface area contributed by atoms with Crippen LogP contribution in [0, 0.1) is 11.6 Å². The Hall–Kier alpha value is -2.64. The van der Waals surface area contributed by atoms with Gasteiger partial charge in [0, 0.05) is 18.2 Å². The molecular formula is C15H12F2N2O4. The number of carboxylic acids is 1. The molecule has 6 nitrogen and oxygen atoms in total. The smallest absolute Gasteiger partial charge is 0.341 e. The highest BCUT2D eigenvalue weighted by atomic mass is 19.2. The molecule has 0 bridgehead atoms. The zero-order valence-corrected chi connectivity index (χ0v) is 11.9. The average Bonchev–Trinajstić information content (AvgIpc) is 3.30. The summed E-state index contributed by atoms with van der Waals surface area (Å²) in [5, 5.41) is 8.91. The molecule has 120 valence electrons. The lowest BCUT2D eigenvalue weighted by molar-refractivity contribution is 0.0694. The van der Waals surface area contributed by atoms with Crippen molar-refractivity contribution >= 4 is 22.6 Å². The number of nitrogens with two attached hydrogens (primary N) is 1. The van der Waals surface area contributed by atoms with E-state index in [4.69, 9.17) is 10.5 Å². The van der Waals surface area contributed by atoms with Gasteiger partial charge in [0.25, 0.3) is 0 Å². The number of hydrogen-bond acceptors (Lipinski definition) is 4. The zero-order chi connectivity index (χ0) is 16.5. The fourth-order valence-electron chi connectivity index (χ4n) is 3.28. The number of hydrogen-bond donors (Lipinski definition) is 2. The number of pyridine rings is 1. The van der Waals surface area contributed by atoms with Crippen LogP contribution in [0.25, 0.3) is 10.9 Å². The van der Waals surface area contributed by atoms with Gasteiger partial charge in [0.15, 0.2) is 11.6 Å². The number of carbonyl (C=O) groups is 1. The molecule has 3 N–H and O–H groups in total. The number of fused-ring (bicyclic) bond motifs is 1. The monoisotopic (exact) mass is 322 g/mol. The van der Waals surface area contributed by atoms with Gasteiger partial charge in [0.1, 0.15) is 11.1 Å². The third-order valence-corrected chi connectivity index (χ3v) is 4.70. The van der Waals surface area contributed by atoms with E-state index in [1.807, 2.05) is 0 Å². The first-order valence-electron chi connectivity index (χ1n) is 7.10. The van der Waals surface area contributed by atoms with Gasteiger partial charge in [-0.1, -0.05) is 0 Å². The maximum Gasteiger partial charge on any atom is 0.341 e. The Morgan fingerprint density at radius 3 is 2.61 bits per heavy atom. The van der Waals surface area contributed by atoms with Crippen molar-refractivity contribution in [2.45, 2.75) is 24.8 Å². The number of nitrogen functional groups attached to an aromatic ring is 1. The van der Waals surface area contributed by atoms with Crippen LogP contribution in [0.1, 0.15) is 29.6 Å². The van der Waals surface area contributed by atoms with Crippen LogP contribution in [0.4, 0.5) is 14.5 Å². The number of benzene rings is 1. The first kappa shape index (κ1) is 14.0. The molecule has 4 rings (SSSR count). The summed E-state index contributed by atoms with van der Waals surface area (Å²) in [6.07, 6.45) is 3.19. The molecule has 1 aliphatic carbocycles. The van der Waals surface area contributed by atoms with E-state index in [0.29, 0.717) is 6.42 Å². The average molecular weight is 322 g/mol. The number of halogens is 2. The van der Waals surface area contributed by atoms with E-state index < -0.39 is 39.8 Å². The van der Waals surface area contributed by atoms with E-state index in [1.54, 1.807) is 0 Å². The summed E-state index contributed by atoms with van der Waals surface area (Å²) in [4.78, 5) is 23.8. The molecule has 0 atom stereocenters. The quantitative estimate of drug-likeness (QED) is 0.781. The Morgan fingerprint density at radius 1 is 1.30 bits per heavy atom. The predicted octanol–water partition coefficient (Wildman–Crippen LogP) is 1.83. The summed E-state index contributed by atoms with van der Waals surface area (Å²) < 4.78 is 35.2. The van der Waals surface area contributed by atoms with E-state index in [1.165, 1.54) is 10.8 Å². The summed E-state index contributed by atoms with van der Waals surface area (Å²) in [5.74, 6) is -4.48.